The summed E-state index contributed by atoms with van der Waals surface area (Å²) >= 11 is 3.52. The fraction of sp³-hybridized carbons (Fsp3) is 0.167. The molecule has 3 rings (SSSR count). The van der Waals surface area contributed by atoms with Gasteiger partial charge in [-0.05, 0) is 52.2 Å². The molecule has 0 saturated heterocycles. The summed E-state index contributed by atoms with van der Waals surface area (Å²) < 4.78 is 11.9. The van der Waals surface area contributed by atoms with Crippen LogP contribution >= 0.6 is 15.9 Å². The molecule has 6 nitrogen and oxygen atoms in total. The molecule has 0 atom stereocenters. The summed E-state index contributed by atoms with van der Waals surface area (Å²) in [4.78, 5) is 12.1. The molecule has 1 amide bonds. The van der Waals surface area contributed by atoms with Crippen molar-refractivity contribution < 1.29 is 14.3 Å². The number of hydrogen-bond donors (Lipinski definition) is 2. The number of methoxy groups -OCH3 is 1. The number of amides is 1. The van der Waals surface area contributed by atoms with Gasteiger partial charge in [-0.15, -0.1) is 0 Å². The zero-order valence-electron chi connectivity index (χ0n) is 17.2. The standard InChI is InChI=1S/C24H24BrN3O3/c1-30-22-14-19(16-27-28-20-10-6-3-7-11-20)21(25)15-23(22)31-17-24(29)26-13-12-18-8-4-2-5-9-18/h2-11,14-16,28H,12-13,17H2,1H3,(H,26,29). The van der Waals surface area contributed by atoms with Crippen LogP contribution in [0.25, 0.3) is 0 Å². The van der Waals surface area contributed by atoms with Crippen LogP contribution in [0.1, 0.15) is 11.1 Å². The molecular formula is C24H24BrN3O3. The molecule has 0 aliphatic heterocycles. The highest BCUT2D eigenvalue weighted by atomic mass is 79.9. The topological polar surface area (TPSA) is 71.9 Å². The minimum absolute atomic E-state index is 0.0966. The Morgan fingerprint density at radius 1 is 1.03 bits per heavy atom. The van der Waals surface area contributed by atoms with Crippen molar-refractivity contribution >= 4 is 33.7 Å². The molecule has 160 valence electrons. The molecule has 0 fully saturated rings. The number of ether oxygens (including phenoxy) is 2. The third kappa shape index (κ3) is 7.15. The average Bonchev–Trinajstić information content (AvgIpc) is 2.80. The number of hydrogen-bond acceptors (Lipinski definition) is 5. The molecule has 31 heavy (non-hydrogen) atoms. The fourth-order valence-corrected chi connectivity index (χ4v) is 3.22. The van der Waals surface area contributed by atoms with Crippen molar-refractivity contribution in [3.63, 3.8) is 0 Å². The summed E-state index contributed by atoms with van der Waals surface area (Å²) in [7, 11) is 1.55. The van der Waals surface area contributed by atoms with Crippen molar-refractivity contribution in [3.8, 4) is 11.5 Å². The average molecular weight is 482 g/mol. The molecule has 3 aromatic carbocycles. The maximum atomic E-state index is 12.1. The smallest absolute Gasteiger partial charge is 0.257 e. The number of para-hydroxylation sites is 1. The molecule has 0 spiro atoms. The fourth-order valence-electron chi connectivity index (χ4n) is 2.80. The van der Waals surface area contributed by atoms with Crippen molar-refractivity contribution in [1.29, 1.82) is 0 Å². The van der Waals surface area contributed by atoms with E-state index in [1.807, 2.05) is 60.7 Å². The summed E-state index contributed by atoms with van der Waals surface area (Å²) in [5.74, 6) is 0.800. The third-order valence-corrected chi connectivity index (χ3v) is 5.08. The quantitative estimate of drug-likeness (QED) is 0.326. The largest absolute Gasteiger partial charge is 0.493 e. The first kappa shape index (κ1) is 22.4. The molecule has 0 aliphatic carbocycles. The Morgan fingerprint density at radius 3 is 2.45 bits per heavy atom. The predicted octanol–water partition coefficient (Wildman–Crippen LogP) is 4.64. The maximum absolute atomic E-state index is 12.1. The second-order valence-electron chi connectivity index (χ2n) is 6.63. The lowest BCUT2D eigenvalue weighted by molar-refractivity contribution is -0.123. The molecule has 0 unspecified atom stereocenters. The lowest BCUT2D eigenvalue weighted by Crippen LogP contribution is -2.30. The van der Waals surface area contributed by atoms with Crippen LogP contribution in [0.3, 0.4) is 0 Å². The lowest BCUT2D eigenvalue weighted by atomic mass is 10.1. The summed E-state index contributed by atoms with van der Waals surface area (Å²) in [6.45, 7) is 0.456. The summed E-state index contributed by atoms with van der Waals surface area (Å²) in [6, 6.07) is 23.2. The zero-order chi connectivity index (χ0) is 21.9. The van der Waals surface area contributed by atoms with Gasteiger partial charge in [-0.2, -0.15) is 5.10 Å². The van der Waals surface area contributed by atoms with Gasteiger partial charge in [0.15, 0.2) is 18.1 Å². The molecule has 0 heterocycles. The Kier molecular flexibility index (Phi) is 8.48. The van der Waals surface area contributed by atoms with E-state index >= 15 is 0 Å². The molecule has 7 heteroatoms. The van der Waals surface area contributed by atoms with Gasteiger partial charge in [-0.1, -0.05) is 48.5 Å². The van der Waals surface area contributed by atoms with Gasteiger partial charge < -0.3 is 14.8 Å². The van der Waals surface area contributed by atoms with E-state index in [-0.39, 0.29) is 12.5 Å². The number of nitrogens with zero attached hydrogens (tertiary/aromatic N) is 1. The normalized spacial score (nSPS) is 10.6. The zero-order valence-corrected chi connectivity index (χ0v) is 18.8. The second kappa shape index (κ2) is 11.8. The second-order valence-corrected chi connectivity index (χ2v) is 7.49. The Bertz CT molecular complexity index is 1010. The summed E-state index contributed by atoms with van der Waals surface area (Å²) in [5.41, 5.74) is 5.84. The number of benzene rings is 3. The van der Waals surface area contributed by atoms with Crippen molar-refractivity contribution in [2.75, 3.05) is 25.7 Å². The number of carbonyl (C=O) groups excluding carboxylic acids is 1. The Balaban J connectivity index is 1.53. The predicted molar refractivity (Wildman–Crippen MR) is 127 cm³/mol. The third-order valence-electron chi connectivity index (χ3n) is 4.39. The molecule has 0 bridgehead atoms. The molecule has 0 aromatic heterocycles. The Hall–Kier alpha value is -3.32. The first-order valence-corrected chi connectivity index (χ1v) is 10.6. The molecule has 0 saturated carbocycles. The van der Waals surface area contributed by atoms with Gasteiger partial charge in [0, 0.05) is 16.6 Å². The minimum atomic E-state index is -0.188. The van der Waals surface area contributed by atoms with Crippen LogP contribution in [-0.2, 0) is 11.2 Å². The molecular weight excluding hydrogens is 458 g/mol. The number of hydrazone groups is 1. The van der Waals surface area contributed by atoms with Crippen molar-refractivity contribution in [2.24, 2.45) is 5.10 Å². The van der Waals surface area contributed by atoms with E-state index in [9.17, 15) is 4.79 Å². The van der Waals surface area contributed by atoms with Gasteiger partial charge in [-0.3, -0.25) is 10.2 Å². The molecule has 0 aliphatic rings. The van der Waals surface area contributed by atoms with E-state index in [0.717, 1.165) is 22.1 Å². The van der Waals surface area contributed by atoms with E-state index in [1.54, 1.807) is 25.5 Å². The van der Waals surface area contributed by atoms with Crippen LogP contribution in [0.2, 0.25) is 0 Å². The molecule has 0 radical (unpaired) electrons. The summed E-state index contributed by atoms with van der Waals surface area (Å²) in [5, 5.41) is 7.11. The number of anilines is 1. The van der Waals surface area contributed by atoms with Gasteiger partial charge in [0.25, 0.3) is 5.91 Å². The van der Waals surface area contributed by atoms with Crippen molar-refractivity contribution in [3.05, 3.63) is 88.4 Å². The van der Waals surface area contributed by atoms with E-state index in [4.69, 9.17) is 9.47 Å². The lowest BCUT2D eigenvalue weighted by Gasteiger charge is -2.13. The van der Waals surface area contributed by atoms with Gasteiger partial charge >= 0.3 is 0 Å². The van der Waals surface area contributed by atoms with Gasteiger partial charge in [0.05, 0.1) is 19.0 Å². The van der Waals surface area contributed by atoms with Crippen molar-refractivity contribution in [2.45, 2.75) is 6.42 Å². The highest BCUT2D eigenvalue weighted by Gasteiger charge is 2.11. The minimum Gasteiger partial charge on any atom is -0.493 e. The number of halogens is 1. The van der Waals surface area contributed by atoms with Crippen LogP contribution in [0.5, 0.6) is 11.5 Å². The van der Waals surface area contributed by atoms with Gasteiger partial charge in [0.2, 0.25) is 0 Å². The summed E-state index contributed by atoms with van der Waals surface area (Å²) in [6.07, 6.45) is 2.45. The molecule has 2 N–H and O–H groups in total. The SMILES string of the molecule is COc1cc(C=NNc2ccccc2)c(Br)cc1OCC(=O)NCCc1ccccc1. The maximum Gasteiger partial charge on any atom is 0.257 e. The Morgan fingerprint density at radius 2 is 1.74 bits per heavy atom. The number of rotatable bonds is 10. The van der Waals surface area contributed by atoms with E-state index in [1.165, 1.54) is 5.56 Å². The van der Waals surface area contributed by atoms with Crippen LogP contribution in [0.4, 0.5) is 5.69 Å². The molecule has 3 aromatic rings. The Labute approximate surface area is 190 Å². The number of nitrogens with one attached hydrogen (secondary N) is 2. The van der Waals surface area contributed by atoms with Crippen LogP contribution < -0.4 is 20.2 Å². The van der Waals surface area contributed by atoms with Gasteiger partial charge in [0.1, 0.15) is 0 Å². The van der Waals surface area contributed by atoms with E-state index < -0.39 is 0 Å². The van der Waals surface area contributed by atoms with Gasteiger partial charge in [-0.25, -0.2) is 0 Å². The van der Waals surface area contributed by atoms with E-state index in [0.29, 0.717) is 18.0 Å². The monoisotopic (exact) mass is 481 g/mol. The van der Waals surface area contributed by atoms with Crippen molar-refractivity contribution in [1.82, 2.24) is 5.32 Å². The van der Waals surface area contributed by atoms with E-state index in [2.05, 4.69) is 31.8 Å². The first-order chi connectivity index (χ1) is 15.2. The first-order valence-electron chi connectivity index (χ1n) is 9.81. The van der Waals surface area contributed by atoms with Crippen LogP contribution in [0, 0.1) is 0 Å². The van der Waals surface area contributed by atoms with Crippen LogP contribution in [0.15, 0.2) is 82.4 Å². The highest BCUT2D eigenvalue weighted by Crippen LogP contribution is 2.33. The van der Waals surface area contributed by atoms with Crippen LogP contribution in [-0.4, -0.2) is 32.4 Å². The number of carbonyl (C=O) groups is 1. The highest BCUT2D eigenvalue weighted by molar-refractivity contribution is 9.10.